The van der Waals surface area contributed by atoms with Crippen LogP contribution in [-0.2, 0) is 9.53 Å². The molecule has 3 N–H and O–H groups in total. The van der Waals surface area contributed by atoms with Gasteiger partial charge in [-0.15, -0.1) is 0 Å². The fourth-order valence-electron chi connectivity index (χ4n) is 1.26. The van der Waals surface area contributed by atoms with Gasteiger partial charge in [-0.3, -0.25) is 4.79 Å². The van der Waals surface area contributed by atoms with Crippen LogP contribution >= 0.6 is 0 Å². The highest BCUT2D eigenvalue weighted by atomic mass is 16.5. The van der Waals surface area contributed by atoms with Crippen molar-refractivity contribution in [3.63, 3.8) is 0 Å². The molecule has 0 heterocycles. The summed E-state index contributed by atoms with van der Waals surface area (Å²) in [6.07, 6.45) is 1.23. The molecule has 0 saturated heterocycles. The average Bonchev–Trinajstić information content (AvgIpc) is 2.15. The number of ether oxygens (including phenoxy) is 1. The Morgan fingerprint density at radius 1 is 1.44 bits per heavy atom. The molecule has 4 nitrogen and oxygen atoms in total. The van der Waals surface area contributed by atoms with Gasteiger partial charge in [-0.05, 0) is 11.8 Å². The maximum Gasteiger partial charge on any atom is 0.221 e. The Labute approximate surface area is 98.9 Å². The van der Waals surface area contributed by atoms with Crippen LogP contribution in [0.1, 0.15) is 40.5 Å². The summed E-state index contributed by atoms with van der Waals surface area (Å²) >= 11 is 0. The number of rotatable bonds is 6. The largest absolute Gasteiger partial charge is 0.383 e. The Balaban J connectivity index is 4.07. The lowest BCUT2D eigenvalue weighted by Gasteiger charge is -2.27. The fourth-order valence-corrected chi connectivity index (χ4v) is 1.26. The topological polar surface area (TPSA) is 64.3 Å². The first-order valence-electron chi connectivity index (χ1n) is 5.85. The minimum absolute atomic E-state index is 0.00586. The number of carbonyl (C=O) groups excluding carboxylic acids is 1. The molecule has 96 valence electrons. The maximum atomic E-state index is 11.7. The molecule has 0 aliphatic carbocycles. The number of methoxy groups -OCH3 is 1. The highest BCUT2D eigenvalue weighted by molar-refractivity contribution is 5.77. The molecule has 0 aromatic rings. The van der Waals surface area contributed by atoms with E-state index in [-0.39, 0.29) is 23.4 Å². The van der Waals surface area contributed by atoms with Crippen molar-refractivity contribution in [2.45, 2.75) is 52.6 Å². The normalized spacial score (nSPS) is 15.6. The second-order valence-electron chi connectivity index (χ2n) is 5.30. The van der Waals surface area contributed by atoms with Crippen molar-refractivity contribution >= 4 is 5.91 Å². The van der Waals surface area contributed by atoms with Crippen molar-refractivity contribution in [1.29, 1.82) is 0 Å². The summed E-state index contributed by atoms with van der Waals surface area (Å²) < 4.78 is 5.02. The van der Waals surface area contributed by atoms with Crippen molar-refractivity contribution < 1.29 is 9.53 Å². The lowest BCUT2D eigenvalue weighted by Crippen LogP contribution is -2.44. The van der Waals surface area contributed by atoms with Crippen LogP contribution in [0.25, 0.3) is 0 Å². The molecule has 0 aromatic heterocycles. The molecular formula is C12H26N2O2. The van der Waals surface area contributed by atoms with E-state index in [0.29, 0.717) is 13.0 Å². The van der Waals surface area contributed by atoms with Crippen molar-refractivity contribution in [2.75, 3.05) is 13.7 Å². The molecule has 0 aromatic carbocycles. The number of carbonyl (C=O) groups is 1. The molecule has 2 atom stereocenters. The molecule has 0 rings (SSSR count). The van der Waals surface area contributed by atoms with Crippen LogP contribution in [-0.4, -0.2) is 31.7 Å². The molecule has 1 amide bonds. The number of nitrogens with one attached hydrogen (secondary N) is 1. The summed E-state index contributed by atoms with van der Waals surface area (Å²) in [5.41, 5.74) is 5.91. The smallest absolute Gasteiger partial charge is 0.221 e. The molecule has 0 saturated carbocycles. The number of amides is 1. The lowest BCUT2D eigenvalue weighted by atomic mass is 9.85. The van der Waals surface area contributed by atoms with Crippen LogP contribution in [0, 0.1) is 5.41 Å². The monoisotopic (exact) mass is 230 g/mol. The van der Waals surface area contributed by atoms with E-state index in [2.05, 4.69) is 5.32 Å². The van der Waals surface area contributed by atoms with E-state index in [9.17, 15) is 4.79 Å². The Bertz CT molecular complexity index is 212. The van der Waals surface area contributed by atoms with Crippen LogP contribution in [0.15, 0.2) is 0 Å². The molecule has 0 bridgehead atoms. The second-order valence-corrected chi connectivity index (χ2v) is 5.30. The minimum Gasteiger partial charge on any atom is -0.383 e. The van der Waals surface area contributed by atoms with Crippen molar-refractivity contribution in [1.82, 2.24) is 5.32 Å². The summed E-state index contributed by atoms with van der Waals surface area (Å²) in [6, 6.07) is -0.0304. The van der Waals surface area contributed by atoms with E-state index < -0.39 is 0 Å². The van der Waals surface area contributed by atoms with Gasteiger partial charge in [0, 0.05) is 19.6 Å². The Morgan fingerprint density at radius 2 is 2.00 bits per heavy atom. The third-order valence-electron chi connectivity index (χ3n) is 2.74. The van der Waals surface area contributed by atoms with Gasteiger partial charge >= 0.3 is 0 Å². The highest BCUT2D eigenvalue weighted by Crippen LogP contribution is 2.19. The van der Waals surface area contributed by atoms with Gasteiger partial charge < -0.3 is 15.8 Å². The SMILES string of the molecule is CCC(COC)NC(=O)CC(N)C(C)(C)C. The van der Waals surface area contributed by atoms with Gasteiger partial charge in [-0.25, -0.2) is 0 Å². The van der Waals surface area contributed by atoms with Crippen LogP contribution in [0.4, 0.5) is 0 Å². The molecule has 0 fully saturated rings. The first-order valence-corrected chi connectivity index (χ1v) is 5.85. The zero-order valence-corrected chi connectivity index (χ0v) is 11.2. The summed E-state index contributed by atoms with van der Waals surface area (Å²) in [6.45, 7) is 8.69. The Kier molecular flexibility index (Phi) is 6.60. The fraction of sp³-hybridized carbons (Fsp3) is 0.917. The molecule has 0 aliphatic heterocycles. The summed E-state index contributed by atoms with van der Waals surface area (Å²) in [5.74, 6) is 0.00586. The average molecular weight is 230 g/mol. The quantitative estimate of drug-likeness (QED) is 0.722. The van der Waals surface area contributed by atoms with Crippen molar-refractivity contribution in [3.8, 4) is 0 Å². The van der Waals surface area contributed by atoms with Gasteiger partial charge in [0.25, 0.3) is 0 Å². The zero-order chi connectivity index (χ0) is 12.8. The van der Waals surface area contributed by atoms with E-state index >= 15 is 0 Å². The van der Waals surface area contributed by atoms with Gasteiger partial charge in [0.05, 0.1) is 12.6 Å². The van der Waals surface area contributed by atoms with E-state index in [4.69, 9.17) is 10.5 Å². The molecule has 0 aliphatic rings. The van der Waals surface area contributed by atoms with E-state index in [1.54, 1.807) is 7.11 Å². The van der Waals surface area contributed by atoms with Crippen LogP contribution in [0.2, 0.25) is 0 Å². The van der Waals surface area contributed by atoms with Crippen LogP contribution in [0.5, 0.6) is 0 Å². The standard InChI is InChI=1S/C12H26N2O2/c1-6-9(8-16-5)14-11(15)7-10(13)12(2,3)4/h9-10H,6-8,13H2,1-5H3,(H,14,15). The first kappa shape index (κ1) is 15.4. The predicted octanol–water partition coefficient (Wildman–Crippen LogP) is 1.29. The molecular weight excluding hydrogens is 204 g/mol. The summed E-state index contributed by atoms with van der Waals surface area (Å²) in [4.78, 5) is 11.7. The first-order chi connectivity index (χ1) is 7.31. The molecule has 2 unspecified atom stereocenters. The van der Waals surface area contributed by atoms with Gasteiger partial charge in [0.2, 0.25) is 5.91 Å². The van der Waals surface area contributed by atoms with Crippen molar-refractivity contribution in [2.24, 2.45) is 11.1 Å². The molecule has 16 heavy (non-hydrogen) atoms. The minimum atomic E-state index is -0.118. The van der Waals surface area contributed by atoms with E-state index in [0.717, 1.165) is 6.42 Å². The van der Waals surface area contributed by atoms with Gasteiger partial charge in [0.1, 0.15) is 0 Å². The third-order valence-corrected chi connectivity index (χ3v) is 2.74. The number of nitrogens with two attached hydrogens (primary N) is 1. The molecule has 0 spiro atoms. The third kappa shape index (κ3) is 6.08. The second kappa shape index (κ2) is 6.86. The number of hydrogen-bond donors (Lipinski definition) is 2. The Morgan fingerprint density at radius 3 is 2.38 bits per heavy atom. The van der Waals surface area contributed by atoms with Crippen molar-refractivity contribution in [3.05, 3.63) is 0 Å². The molecule has 0 radical (unpaired) electrons. The van der Waals surface area contributed by atoms with Crippen LogP contribution < -0.4 is 11.1 Å². The van der Waals surface area contributed by atoms with E-state index in [1.807, 2.05) is 27.7 Å². The number of hydrogen-bond acceptors (Lipinski definition) is 3. The van der Waals surface area contributed by atoms with E-state index in [1.165, 1.54) is 0 Å². The highest BCUT2D eigenvalue weighted by Gasteiger charge is 2.23. The van der Waals surface area contributed by atoms with Crippen LogP contribution in [0.3, 0.4) is 0 Å². The van der Waals surface area contributed by atoms with Gasteiger partial charge in [0.15, 0.2) is 0 Å². The van der Waals surface area contributed by atoms with Gasteiger partial charge in [-0.2, -0.15) is 0 Å². The lowest BCUT2D eigenvalue weighted by molar-refractivity contribution is -0.123. The summed E-state index contributed by atoms with van der Waals surface area (Å²) in [7, 11) is 1.63. The Hall–Kier alpha value is -0.610. The zero-order valence-electron chi connectivity index (χ0n) is 11.2. The summed E-state index contributed by atoms with van der Waals surface area (Å²) in [5, 5.41) is 2.93. The predicted molar refractivity (Wildman–Crippen MR) is 66.1 cm³/mol. The molecule has 4 heteroatoms. The maximum absolute atomic E-state index is 11.7. The van der Waals surface area contributed by atoms with Gasteiger partial charge in [-0.1, -0.05) is 27.7 Å².